The lowest BCUT2D eigenvalue weighted by molar-refractivity contribution is 0.263. The molecule has 0 spiro atoms. The Bertz CT molecular complexity index is 161. The fourth-order valence-electron chi connectivity index (χ4n) is 1.88. The first kappa shape index (κ1) is 8.87. The van der Waals surface area contributed by atoms with E-state index in [9.17, 15) is 0 Å². The van der Waals surface area contributed by atoms with Gasteiger partial charge in [0.1, 0.15) is 5.38 Å². The maximum absolute atomic E-state index is 8.62. The molecule has 1 rings (SSSR count). The Morgan fingerprint density at radius 3 is 2.64 bits per heavy atom. The summed E-state index contributed by atoms with van der Waals surface area (Å²) in [5.74, 6) is 1.08. The van der Waals surface area contributed by atoms with Gasteiger partial charge in [-0.25, -0.2) is 0 Å². The Morgan fingerprint density at radius 2 is 2.09 bits per heavy atom. The highest BCUT2D eigenvalue weighted by molar-refractivity contribution is 6.22. The molecule has 0 amide bonds. The first-order valence-corrected chi connectivity index (χ1v) is 4.73. The lowest BCUT2D eigenvalue weighted by atomic mass is 9.79. The Morgan fingerprint density at radius 1 is 1.45 bits per heavy atom. The van der Waals surface area contributed by atoms with E-state index in [0.717, 1.165) is 6.42 Å². The maximum Gasteiger partial charge on any atom is 0.123 e. The Labute approximate surface area is 73.3 Å². The highest BCUT2D eigenvalue weighted by atomic mass is 35.5. The van der Waals surface area contributed by atoms with Gasteiger partial charge in [-0.05, 0) is 18.3 Å². The van der Waals surface area contributed by atoms with Crippen LogP contribution >= 0.6 is 11.6 Å². The van der Waals surface area contributed by atoms with Crippen LogP contribution in [-0.4, -0.2) is 5.38 Å². The van der Waals surface area contributed by atoms with Crippen LogP contribution in [0, 0.1) is 23.2 Å². The molecule has 3 unspecified atom stereocenters. The summed E-state index contributed by atoms with van der Waals surface area (Å²) in [7, 11) is 0. The average molecular weight is 172 g/mol. The minimum atomic E-state index is -0.259. The molecule has 0 bridgehead atoms. The molecule has 3 atom stereocenters. The summed E-state index contributed by atoms with van der Waals surface area (Å²) < 4.78 is 0. The van der Waals surface area contributed by atoms with Crippen molar-refractivity contribution in [2.75, 3.05) is 0 Å². The summed E-state index contributed by atoms with van der Waals surface area (Å²) >= 11 is 5.88. The molecule has 1 aliphatic rings. The predicted octanol–water partition coefficient (Wildman–Crippen LogP) is 2.94. The van der Waals surface area contributed by atoms with E-state index in [1.807, 2.05) is 0 Å². The molecule has 0 aromatic heterocycles. The smallest absolute Gasteiger partial charge is 0.123 e. The highest BCUT2D eigenvalue weighted by Crippen LogP contribution is 2.33. The van der Waals surface area contributed by atoms with E-state index in [-0.39, 0.29) is 5.38 Å². The zero-order valence-electron chi connectivity index (χ0n) is 6.89. The van der Waals surface area contributed by atoms with Crippen molar-refractivity contribution in [1.29, 1.82) is 5.26 Å². The summed E-state index contributed by atoms with van der Waals surface area (Å²) in [6, 6.07) is 2.13. The molecule has 1 nitrogen and oxygen atoms in total. The van der Waals surface area contributed by atoms with E-state index in [4.69, 9.17) is 16.9 Å². The average Bonchev–Trinajstić information content (AvgIpc) is 2.04. The van der Waals surface area contributed by atoms with Gasteiger partial charge in [0, 0.05) is 0 Å². The monoisotopic (exact) mass is 171 g/mol. The molecule has 0 saturated heterocycles. The van der Waals surface area contributed by atoms with Gasteiger partial charge >= 0.3 is 0 Å². The molecular formula is C9H14ClN. The molecule has 0 aromatic rings. The van der Waals surface area contributed by atoms with Crippen molar-refractivity contribution in [3.63, 3.8) is 0 Å². The van der Waals surface area contributed by atoms with E-state index in [1.54, 1.807) is 0 Å². The Hall–Kier alpha value is -0.220. The van der Waals surface area contributed by atoms with Crippen molar-refractivity contribution in [1.82, 2.24) is 0 Å². The summed E-state index contributed by atoms with van der Waals surface area (Å²) in [5.41, 5.74) is 0. The van der Waals surface area contributed by atoms with E-state index in [0.29, 0.717) is 11.8 Å². The third-order valence-electron chi connectivity index (χ3n) is 2.68. The topological polar surface area (TPSA) is 23.8 Å². The fraction of sp³-hybridized carbons (Fsp3) is 0.889. The summed E-state index contributed by atoms with van der Waals surface area (Å²) in [6.07, 6.45) is 4.95. The second-order valence-corrected chi connectivity index (χ2v) is 3.93. The van der Waals surface area contributed by atoms with Crippen LogP contribution in [-0.2, 0) is 0 Å². The van der Waals surface area contributed by atoms with Gasteiger partial charge in [-0.1, -0.05) is 26.2 Å². The van der Waals surface area contributed by atoms with Crippen LogP contribution in [0.25, 0.3) is 0 Å². The summed E-state index contributed by atoms with van der Waals surface area (Å²) in [5, 5.41) is 8.36. The molecule has 0 aliphatic heterocycles. The summed E-state index contributed by atoms with van der Waals surface area (Å²) in [6.45, 7) is 2.20. The lowest BCUT2D eigenvalue weighted by Gasteiger charge is -2.29. The van der Waals surface area contributed by atoms with E-state index in [1.165, 1.54) is 19.3 Å². The first-order chi connectivity index (χ1) is 5.25. The number of nitrogens with zero attached hydrogens (tertiary/aromatic N) is 1. The van der Waals surface area contributed by atoms with Crippen LogP contribution in [0.3, 0.4) is 0 Å². The molecule has 1 saturated carbocycles. The molecule has 1 fully saturated rings. The van der Waals surface area contributed by atoms with Crippen LogP contribution in [0.4, 0.5) is 0 Å². The summed E-state index contributed by atoms with van der Waals surface area (Å²) in [4.78, 5) is 0. The lowest BCUT2D eigenvalue weighted by Crippen LogP contribution is -2.24. The van der Waals surface area contributed by atoms with Gasteiger partial charge < -0.3 is 0 Å². The molecule has 62 valence electrons. The van der Waals surface area contributed by atoms with Gasteiger partial charge in [0.05, 0.1) is 6.07 Å². The van der Waals surface area contributed by atoms with Gasteiger partial charge in [-0.15, -0.1) is 11.6 Å². The normalized spacial score (nSPS) is 34.3. The third kappa shape index (κ3) is 2.10. The minimum Gasteiger partial charge on any atom is -0.197 e. The number of hydrogen-bond acceptors (Lipinski definition) is 1. The van der Waals surface area contributed by atoms with Gasteiger partial charge in [-0.3, -0.25) is 0 Å². The first-order valence-electron chi connectivity index (χ1n) is 4.29. The van der Waals surface area contributed by atoms with Crippen LogP contribution in [0.15, 0.2) is 0 Å². The molecular weight excluding hydrogens is 158 g/mol. The Balaban J connectivity index is 2.48. The molecule has 1 aliphatic carbocycles. The SMILES string of the molecule is CC1CCCCC1C(Cl)C#N. The number of hydrogen-bond donors (Lipinski definition) is 0. The second kappa shape index (κ2) is 3.97. The van der Waals surface area contributed by atoms with Crippen molar-refractivity contribution >= 4 is 11.6 Å². The third-order valence-corrected chi connectivity index (χ3v) is 3.10. The minimum absolute atomic E-state index is 0.259. The standard InChI is InChI=1S/C9H14ClN/c1-7-4-2-3-5-8(7)9(10)6-11/h7-9H,2-5H2,1H3. The fourth-order valence-corrected chi connectivity index (χ4v) is 2.25. The van der Waals surface area contributed by atoms with Crippen LogP contribution in [0.5, 0.6) is 0 Å². The molecule has 0 aromatic carbocycles. The van der Waals surface area contributed by atoms with E-state index >= 15 is 0 Å². The molecule has 0 radical (unpaired) electrons. The van der Waals surface area contributed by atoms with Gasteiger partial charge in [0.15, 0.2) is 0 Å². The number of rotatable bonds is 1. The van der Waals surface area contributed by atoms with E-state index in [2.05, 4.69) is 13.0 Å². The number of nitriles is 1. The number of alkyl halides is 1. The van der Waals surface area contributed by atoms with Crippen molar-refractivity contribution in [2.24, 2.45) is 11.8 Å². The van der Waals surface area contributed by atoms with Crippen molar-refractivity contribution in [2.45, 2.75) is 38.0 Å². The van der Waals surface area contributed by atoms with Gasteiger partial charge in [-0.2, -0.15) is 5.26 Å². The van der Waals surface area contributed by atoms with E-state index < -0.39 is 0 Å². The van der Waals surface area contributed by atoms with Crippen LogP contribution in [0.2, 0.25) is 0 Å². The maximum atomic E-state index is 8.62. The zero-order valence-corrected chi connectivity index (χ0v) is 7.64. The van der Waals surface area contributed by atoms with Crippen molar-refractivity contribution in [3.8, 4) is 6.07 Å². The predicted molar refractivity (Wildman–Crippen MR) is 46.4 cm³/mol. The van der Waals surface area contributed by atoms with Gasteiger partial charge in [0.2, 0.25) is 0 Å². The van der Waals surface area contributed by atoms with Gasteiger partial charge in [0.25, 0.3) is 0 Å². The second-order valence-electron chi connectivity index (χ2n) is 3.46. The van der Waals surface area contributed by atoms with Crippen LogP contribution in [0.1, 0.15) is 32.6 Å². The molecule has 11 heavy (non-hydrogen) atoms. The highest BCUT2D eigenvalue weighted by Gasteiger charge is 2.27. The Kier molecular flexibility index (Phi) is 3.20. The van der Waals surface area contributed by atoms with Crippen molar-refractivity contribution in [3.05, 3.63) is 0 Å². The molecule has 0 N–H and O–H groups in total. The largest absolute Gasteiger partial charge is 0.197 e. The van der Waals surface area contributed by atoms with Crippen LogP contribution < -0.4 is 0 Å². The molecule has 2 heteroatoms. The zero-order chi connectivity index (χ0) is 8.27. The molecule has 0 heterocycles. The quantitative estimate of drug-likeness (QED) is 0.557. The van der Waals surface area contributed by atoms with Crippen molar-refractivity contribution < 1.29 is 0 Å². The number of halogens is 1.